The molecule has 1 aliphatic rings. The van der Waals surface area contributed by atoms with Crippen molar-refractivity contribution >= 4 is 10.0 Å². The number of halogens is 3. The van der Waals surface area contributed by atoms with Crippen molar-refractivity contribution in [3.05, 3.63) is 17.5 Å². The molecule has 6 nitrogen and oxygen atoms in total. The smallest absolute Gasteiger partial charge is 0.390 e. The molecule has 2 heterocycles. The van der Waals surface area contributed by atoms with Crippen molar-refractivity contribution in [2.75, 3.05) is 18.8 Å². The van der Waals surface area contributed by atoms with Crippen LogP contribution in [0.1, 0.15) is 24.2 Å². The van der Waals surface area contributed by atoms with E-state index in [2.05, 4.69) is 9.97 Å². The van der Waals surface area contributed by atoms with E-state index >= 15 is 0 Å². The fourth-order valence-corrected chi connectivity index (χ4v) is 3.84. The Hall–Kier alpha value is -1.42. The first-order valence-electron chi connectivity index (χ1n) is 7.09. The molecule has 130 valence electrons. The molecule has 23 heavy (non-hydrogen) atoms. The van der Waals surface area contributed by atoms with Crippen LogP contribution in [0.5, 0.6) is 6.01 Å². The number of sulfonamides is 1. The van der Waals surface area contributed by atoms with Gasteiger partial charge in [0.1, 0.15) is 6.10 Å². The van der Waals surface area contributed by atoms with Crippen LogP contribution < -0.4 is 4.74 Å². The molecule has 2 rings (SSSR count). The van der Waals surface area contributed by atoms with Gasteiger partial charge < -0.3 is 4.74 Å². The number of rotatable bonds is 5. The molecule has 0 bridgehead atoms. The van der Waals surface area contributed by atoms with E-state index in [0.29, 0.717) is 6.42 Å². The van der Waals surface area contributed by atoms with Crippen molar-refractivity contribution in [2.45, 2.75) is 39.0 Å². The molecule has 0 unspecified atom stereocenters. The summed E-state index contributed by atoms with van der Waals surface area (Å²) in [6.45, 7) is 3.71. The number of nitrogens with zero attached hydrogens (tertiary/aromatic N) is 3. The Morgan fingerprint density at radius 3 is 2.48 bits per heavy atom. The number of hydrogen-bond donors (Lipinski definition) is 0. The van der Waals surface area contributed by atoms with Gasteiger partial charge in [0, 0.05) is 17.9 Å². The number of alkyl halides is 3. The Balaban J connectivity index is 1.95. The molecule has 0 N–H and O–H groups in total. The zero-order valence-corrected chi connectivity index (χ0v) is 13.6. The predicted molar refractivity (Wildman–Crippen MR) is 76.6 cm³/mol. The van der Waals surface area contributed by atoms with Crippen molar-refractivity contribution in [3.8, 4) is 6.01 Å². The third-order valence-corrected chi connectivity index (χ3v) is 5.22. The molecule has 0 aliphatic carbocycles. The normalized spacial score (nSPS) is 20.0. The van der Waals surface area contributed by atoms with Gasteiger partial charge in [-0.25, -0.2) is 18.4 Å². The topological polar surface area (TPSA) is 72.4 Å². The van der Waals surface area contributed by atoms with E-state index < -0.39 is 34.5 Å². The summed E-state index contributed by atoms with van der Waals surface area (Å²) in [7, 11) is -3.94. The molecule has 1 saturated heterocycles. The monoisotopic (exact) mass is 353 g/mol. The number of aryl methyl sites for hydroxylation is 2. The summed E-state index contributed by atoms with van der Waals surface area (Å²) in [6, 6.07) is 1.93. The van der Waals surface area contributed by atoms with Gasteiger partial charge >= 0.3 is 12.2 Å². The van der Waals surface area contributed by atoms with E-state index in [0.717, 1.165) is 15.7 Å². The molecule has 0 aromatic carbocycles. The van der Waals surface area contributed by atoms with Gasteiger partial charge in [0.2, 0.25) is 10.0 Å². The van der Waals surface area contributed by atoms with E-state index in [1.807, 2.05) is 0 Å². The second kappa shape index (κ2) is 6.60. The molecule has 0 amide bonds. The van der Waals surface area contributed by atoms with E-state index in [1.165, 1.54) is 0 Å². The molecule has 0 spiro atoms. The van der Waals surface area contributed by atoms with Gasteiger partial charge in [-0.1, -0.05) is 0 Å². The minimum Gasteiger partial charge on any atom is -0.459 e. The van der Waals surface area contributed by atoms with Crippen molar-refractivity contribution in [1.82, 2.24) is 14.3 Å². The summed E-state index contributed by atoms with van der Waals surface area (Å²) in [4.78, 5) is 8.21. The lowest BCUT2D eigenvalue weighted by Gasteiger charge is -2.17. The largest absolute Gasteiger partial charge is 0.459 e. The Morgan fingerprint density at radius 2 is 1.91 bits per heavy atom. The SMILES string of the molecule is Cc1cc(C)nc(O[C@@H]2CCN(S(=O)(=O)CCC(F)(F)F)C2)n1. The van der Waals surface area contributed by atoms with Gasteiger partial charge in [0.05, 0.1) is 18.7 Å². The molecule has 1 aromatic heterocycles. The van der Waals surface area contributed by atoms with Gasteiger partial charge in [-0.3, -0.25) is 0 Å². The van der Waals surface area contributed by atoms with E-state index in [-0.39, 0.29) is 19.1 Å². The van der Waals surface area contributed by atoms with Crippen molar-refractivity contribution in [1.29, 1.82) is 0 Å². The molecule has 1 atom stereocenters. The van der Waals surface area contributed by atoms with Gasteiger partial charge in [-0.2, -0.15) is 17.5 Å². The Labute approximate surface area is 132 Å². The van der Waals surface area contributed by atoms with Crippen LogP contribution in [0, 0.1) is 13.8 Å². The Bertz CT molecular complexity index is 644. The maximum Gasteiger partial charge on any atom is 0.390 e. The second-order valence-corrected chi connectivity index (χ2v) is 7.59. The molecule has 1 aromatic rings. The number of aromatic nitrogens is 2. The minimum atomic E-state index is -4.49. The highest BCUT2D eigenvalue weighted by Crippen LogP contribution is 2.24. The predicted octanol–water partition coefficient (Wildman–Crippen LogP) is 1.83. The molecular formula is C13H18F3N3O3S. The van der Waals surface area contributed by atoms with E-state index in [1.54, 1.807) is 19.9 Å². The Kier molecular flexibility index (Phi) is 5.14. The lowest BCUT2D eigenvalue weighted by molar-refractivity contribution is -0.130. The molecule has 0 radical (unpaired) electrons. The van der Waals surface area contributed by atoms with Crippen molar-refractivity contribution < 1.29 is 26.3 Å². The van der Waals surface area contributed by atoms with Crippen LogP contribution in [0.25, 0.3) is 0 Å². The highest BCUT2D eigenvalue weighted by atomic mass is 32.2. The van der Waals surface area contributed by atoms with Crippen molar-refractivity contribution in [2.24, 2.45) is 0 Å². The number of ether oxygens (including phenoxy) is 1. The summed E-state index contributed by atoms with van der Waals surface area (Å²) in [5.41, 5.74) is 1.44. The van der Waals surface area contributed by atoms with E-state index in [4.69, 9.17) is 4.74 Å². The fourth-order valence-electron chi connectivity index (χ4n) is 2.32. The lowest BCUT2D eigenvalue weighted by Crippen LogP contribution is -2.34. The highest BCUT2D eigenvalue weighted by Gasteiger charge is 2.36. The first-order valence-corrected chi connectivity index (χ1v) is 8.69. The number of hydrogen-bond acceptors (Lipinski definition) is 5. The van der Waals surface area contributed by atoms with Crippen LogP contribution in [0.4, 0.5) is 13.2 Å². The highest BCUT2D eigenvalue weighted by molar-refractivity contribution is 7.89. The van der Waals surface area contributed by atoms with Crippen LogP contribution >= 0.6 is 0 Å². The lowest BCUT2D eigenvalue weighted by atomic mass is 10.3. The van der Waals surface area contributed by atoms with Gasteiger partial charge in [0.25, 0.3) is 0 Å². The maximum absolute atomic E-state index is 12.2. The zero-order valence-electron chi connectivity index (χ0n) is 12.8. The maximum atomic E-state index is 12.2. The average Bonchev–Trinajstić information content (AvgIpc) is 2.84. The summed E-state index contributed by atoms with van der Waals surface area (Å²) in [5, 5.41) is 0. The Morgan fingerprint density at radius 1 is 1.30 bits per heavy atom. The standard InChI is InChI=1S/C13H18F3N3O3S/c1-9-7-10(2)18-12(17-9)22-11-3-5-19(8-11)23(20,21)6-4-13(14,15)16/h7,11H,3-6,8H2,1-2H3/t11-/m1/s1. The first-order chi connectivity index (χ1) is 10.5. The van der Waals surface area contributed by atoms with Gasteiger partial charge in [0.15, 0.2) is 0 Å². The summed E-state index contributed by atoms with van der Waals surface area (Å²) in [6.07, 6.45) is -5.91. The molecule has 1 aliphatic heterocycles. The van der Waals surface area contributed by atoms with Crippen LogP contribution in [0.2, 0.25) is 0 Å². The molecule has 0 saturated carbocycles. The first kappa shape index (κ1) is 17.9. The summed E-state index contributed by atoms with van der Waals surface area (Å²) < 4.78 is 67.0. The third-order valence-electron chi connectivity index (χ3n) is 3.38. The quantitative estimate of drug-likeness (QED) is 0.808. The molecule has 1 fully saturated rings. The van der Waals surface area contributed by atoms with Crippen LogP contribution in [0.3, 0.4) is 0 Å². The zero-order chi connectivity index (χ0) is 17.3. The van der Waals surface area contributed by atoms with Gasteiger partial charge in [-0.05, 0) is 26.3 Å². The summed E-state index contributed by atoms with van der Waals surface area (Å²) >= 11 is 0. The second-order valence-electron chi connectivity index (χ2n) is 5.50. The third kappa shape index (κ3) is 5.31. The minimum absolute atomic E-state index is 0.0105. The van der Waals surface area contributed by atoms with Crippen LogP contribution in [-0.4, -0.2) is 53.8 Å². The van der Waals surface area contributed by atoms with Crippen molar-refractivity contribution in [3.63, 3.8) is 0 Å². The van der Waals surface area contributed by atoms with E-state index in [9.17, 15) is 21.6 Å². The fraction of sp³-hybridized carbons (Fsp3) is 0.692. The molecule has 10 heteroatoms. The van der Waals surface area contributed by atoms with Crippen LogP contribution in [-0.2, 0) is 10.0 Å². The average molecular weight is 353 g/mol. The molecular weight excluding hydrogens is 335 g/mol. The summed E-state index contributed by atoms with van der Waals surface area (Å²) in [5.74, 6) is -0.941. The van der Waals surface area contributed by atoms with Crippen LogP contribution in [0.15, 0.2) is 6.07 Å². The van der Waals surface area contributed by atoms with Gasteiger partial charge in [-0.15, -0.1) is 0 Å².